The molecule has 2 fully saturated rings. The summed E-state index contributed by atoms with van der Waals surface area (Å²) >= 11 is 0. The van der Waals surface area contributed by atoms with Crippen LogP contribution in [0.2, 0.25) is 0 Å². The number of ether oxygens (including phenoxy) is 1. The van der Waals surface area contributed by atoms with Crippen LogP contribution >= 0.6 is 0 Å². The zero-order valence-electron chi connectivity index (χ0n) is 15.2. The van der Waals surface area contributed by atoms with E-state index in [9.17, 15) is 4.79 Å². The van der Waals surface area contributed by atoms with Crippen LogP contribution in [0, 0.1) is 18.8 Å². The summed E-state index contributed by atoms with van der Waals surface area (Å²) in [6.07, 6.45) is 7.56. The van der Waals surface area contributed by atoms with Crippen molar-refractivity contribution in [1.82, 2.24) is 14.7 Å². The zero-order chi connectivity index (χ0) is 16.9. The Morgan fingerprint density at radius 1 is 1.25 bits per heavy atom. The first-order valence-electron chi connectivity index (χ1n) is 9.58. The molecule has 1 amide bonds. The predicted octanol–water partition coefficient (Wildman–Crippen LogP) is 3.27. The standard InChI is InChI=1S/C19H31N3O2/c1-3-22-18(11-15(2)20-22)19(23)21(13-17-9-10-24-14-17)12-16-7-5-4-6-8-16/h11,16-17H,3-10,12-14H2,1-2H3. The summed E-state index contributed by atoms with van der Waals surface area (Å²) < 4.78 is 7.37. The largest absolute Gasteiger partial charge is 0.381 e. The van der Waals surface area contributed by atoms with Gasteiger partial charge in [-0.1, -0.05) is 19.3 Å². The maximum absolute atomic E-state index is 13.2. The lowest BCUT2D eigenvalue weighted by Gasteiger charge is -2.31. The van der Waals surface area contributed by atoms with Gasteiger partial charge in [-0.2, -0.15) is 5.10 Å². The third-order valence-electron chi connectivity index (χ3n) is 5.41. The lowest BCUT2D eigenvalue weighted by Crippen LogP contribution is -2.40. The van der Waals surface area contributed by atoms with Crippen molar-refractivity contribution in [2.75, 3.05) is 26.3 Å². The van der Waals surface area contributed by atoms with E-state index in [2.05, 4.69) is 10.00 Å². The minimum Gasteiger partial charge on any atom is -0.381 e. The monoisotopic (exact) mass is 333 g/mol. The fraction of sp³-hybridized carbons (Fsp3) is 0.789. The molecule has 134 valence electrons. The van der Waals surface area contributed by atoms with E-state index in [1.807, 2.05) is 24.6 Å². The van der Waals surface area contributed by atoms with E-state index in [0.29, 0.717) is 11.8 Å². The number of rotatable bonds is 6. The molecule has 1 aromatic rings. The fourth-order valence-corrected chi connectivity index (χ4v) is 4.08. The summed E-state index contributed by atoms with van der Waals surface area (Å²) in [6, 6.07) is 1.94. The second kappa shape index (κ2) is 8.15. The number of aryl methyl sites for hydroxylation is 2. The zero-order valence-corrected chi connectivity index (χ0v) is 15.2. The van der Waals surface area contributed by atoms with Crippen LogP contribution in [0.1, 0.15) is 61.6 Å². The van der Waals surface area contributed by atoms with Crippen LogP contribution in [0.3, 0.4) is 0 Å². The third kappa shape index (κ3) is 4.18. The number of hydrogen-bond acceptors (Lipinski definition) is 3. The second-order valence-electron chi connectivity index (χ2n) is 7.43. The summed E-state index contributed by atoms with van der Waals surface area (Å²) in [5, 5.41) is 4.46. The van der Waals surface area contributed by atoms with E-state index < -0.39 is 0 Å². The molecule has 0 spiro atoms. The molecule has 24 heavy (non-hydrogen) atoms. The highest BCUT2D eigenvalue weighted by Gasteiger charge is 2.28. The molecule has 2 heterocycles. The van der Waals surface area contributed by atoms with Gasteiger partial charge in [0.1, 0.15) is 5.69 Å². The molecule has 1 aliphatic carbocycles. The molecule has 1 saturated carbocycles. The Morgan fingerprint density at radius 2 is 2.00 bits per heavy atom. The second-order valence-corrected chi connectivity index (χ2v) is 7.43. The minimum absolute atomic E-state index is 0.148. The smallest absolute Gasteiger partial charge is 0.272 e. The number of carbonyl (C=O) groups excluding carboxylic acids is 1. The predicted molar refractivity (Wildman–Crippen MR) is 94.0 cm³/mol. The Morgan fingerprint density at radius 3 is 2.67 bits per heavy atom. The van der Waals surface area contributed by atoms with Crippen molar-refractivity contribution < 1.29 is 9.53 Å². The molecule has 1 saturated heterocycles. The molecule has 0 bridgehead atoms. The Balaban J connectivity index is 1.74. The summed E-state index contributed by atoms with van der Waals surface area (Å²) in [4.78, 5) is 15.3. The quantitative estimate of drug-likeness (QED) is 0.803. The molecule has 5 nitrogen and oxygen atoms in total. The molecule has 1 aromatic heterocycles. The molecule has 2 aliphatic rings. The summed E-state index contributed by atoms with van der Waals surface area (Å²) in [7, 11) is 0. The summed E-state index contributed by atoms with van der Waals surface area (Å²) in [6.45, 7) is 8.08. The number of aromatic nitrogens is 2. The van der Waals surface area contributed by atoms with Crippen molar-refractivity contribution >= 4 is 5.91 Å². The maximum Gasteiger partial charge on any atom is 0.272 e. The van der Waals surface area contributed by atoms with Crippen LogP contribution in [0.4, 0.5) is 0 Å². The summed E-state index contributed by atoms with van der Waals surface area (Å²) in [5.74, 6) is 1.29. The highest BCUT2D eigenvalue weighted by molar-refractivity contribution is 5.92. The number of carbonyl (C=O) groups is 1. The summed E-state index contributed by atoms with van der Waals surface area (Å²) in [5.41, 5.74) is 1.66. The molecule has 3 rings (SSSR count). The van der Waals surface area contributed by atoms with Crippen LogP contribution in [0.25, 0.3) is 0 Å². The van der Waals surface area contributed by atoms with Gasteiger partial charge in [0.05, 0.1) is 12.3 Å². The van der Waals surface area contributed by atoms with Crippen molar-refractivity contribution in [1.29, 1.82) is 0 Å². The van der Waals surface area contributed by atoms with Gasteiger partial charge in [-0.15, -0.1) is 0 Å². The van der Waals surface area contributed by atoms with Gasteiger partial charge >= 0.3 is 0 Å². The Kier molecular flexibility index (Phi) is 5.93. The third-order valence-corrected chi connectivity index (χ3v) is 5.41. The first kappa shape index (κ1) is 17.5. The Hall–Kier alpha value is -1.36. The average Bonchev–Trinajstić information content (AvgIpc) is 3.23. The SMILES string of the molecule is CCn1nc(C)cc1C(=O)N(CC1CCCCC1)CC1CCOC1. The van der Waals surface area contributed by atoms with E-state index >= 15 is 0 Å². The Labute approximate surface area is 145 Å². The molecule has 1 unspecified atom stereocenters. The Bertz CT molecular complexity index is 543. The molecule has 0 aromatic carbocycles. The first-order chi connectivity index (χ1) is 11.7. The highest BCUT2D eigenvalue weighted by Crippen LogP contribution is 2.26. The van der Waals surface area contributed by atoms with Crippen LogP contribution in [0.5, 0.6) is 0 Å². The molecular formula is C19H31N3O2. The molecule has 1 aliphatic heterocycles. The van der Waals surface area contributed by atoms with E-state index in [4.69, 9.17) is 4.74 Å². The normalized spacial score (nSPS) is 22.0. The lowest BCUT2D eigenvalue weighted by atomic mass is 9.88. The van der Waals surface area contributed by atoms with Crippen LogP contribution in [0.15, 0.2) is 6.07 Å². The fourth-order valence-electron chi connectivity index (χ4n) is 4.08. The topological polar surface area (TPSA) is 47.4 Å². The van der Waals surface area contributed by atoms with Gasteiger partial charge in [0.15, 0.2) is 0 Å². The first-order valence-corrected chi connectivity index (χ1v) is 9.58. The maximum atomic E-state index is 13.2. The number of nitrogens with zero attached hydrogens (tertiary/aromatic N) is 3. The van der Waals surface area contributed by atoms with E-state index in [0.717, 1.165) is 50.7 Å². The van der Waals surface area contributed by atoms with Gasteiger partial charge < -0.3 is 9.64 Å². The van der Waals surface area contributed by atoms with E-state index in [1.54, 1.807) is 0 Å². The lowest BCUT2D eigenvalue weighted by molar-refractivity contribution is 0.0661. The minimum atomic E-state index is 0.148. The van der Waals surface area contributed by atoms with Crippen LogP contribution < -0.4 is 0 Å². The number of hydrogen-bond donors (Lipinski definition) is 0. The van der Waals surface area contributed by atoms with Crippen molar-refractivity contribution in [2.24, 2.45) is 11.8 Å². The van der Waals surface area contributed by atoms with Gasteiger partial charge in [-0.05, 0) is 45.1 Å². The van der Waals surface area contributed by atoms with E-state index in [1.165, 1.54) is 32.1 Å². The van der Waals surface area contributed by atoms with Crippen molar-refractivity contribution in [3.63, 3.8) is 0 Å². The highest BCUT2D eigenvalue weighted by atomic mass is 16.5. The molecule has 0 N–H and O–H groups in total. The van der Waals surface area contributed by atoms with Gasteiger partial charge in [0, 0.05) is 32.2 Å². The van der Waals surface area contributed by atoms with Crippen molar-refractivity contribution in [3.8, 4) is 0 Å². The van der Waals surface area contributed by atoms with Crippen LogP contribution in [-0.4, -0.2) is 46.9 Å². The van der Waals surface area contributed by atoms with Crippen molar-refractivity contribution in [3.05, 3.63) is 17.5 Å². The van der Waals surface area contributed by atoms with Gasteiger partial charge in [-0.25, -0.2) is 0 Å². The van der Waals surface area contributed by atoms with Crippen LogP contribution in [-0.2, 0) is 11.3 Å². The number of amides is 1. The average molecular weight is 333 g/mol. The molecule has 0 radical (unpaired) electrons. The molecule has 5 heteroatoms. The van der Waals surface area contributed by atoms with Gasteiger partial charge in [0.25, 0.3) is 5.91 Å². The van der Waals surface area contributed by atoms with Crippen molar-refractivity contribution in [2.45, 2.75) is 58.9 Å². The van der Waals surface area contributed by atoms with Gasteiger partial charge in [0.2, 0.25) is 0 Å². The molecular weight excluding hydrogens is 302 g/mol. The van der Waals surface area contributed by atoms with Gasteiger partial charge in [-0.3, -0.25) is 9.48 Å². The molecule has 1 atom stereocenters. The van der Waals surface area contributed by atoms with E-state index in [-0.39, 0.29) is 5.91 Å².